The molecule has 0 radical (unpaired) electrons. The molecule has 2 aromatic carbocycles. The van der Waals surface area contributed by atoms with Gasteiger partial charge in [0.15, 0.2) is 5.11 Å². The summed E-state index contributed by atoms with van der Waals surface area (Å²) in [4.78, 5) is 6.87. The van der Waals surface area contributed by atoms with E-state index < -0.39 is 0 Å². The highest BCUT2D eigenvalue weighted by Crippen LogP contribution is 2.38. The summed E-state index contributed by atoms with van der Waals surface area (Å²) in [7, 11) is 3.29. The van der Waals surface area contributed by atoms with Crippen molar-refractivity contribution in [2.24, 2.45) is 0 Å². The van der Waals surface area contributed by atoms with Gasteiger partial charge in [0, 0.05) is 17.8 Å². The number of methoxy groups -OCH3 is 2. The number of ether oxygens (including phenoxy) is 2. The quantitative estimate of drug-likeness (QED) is 0.455. The van der Waals surface area contributed by atoms with Gasteiger partial charge in [-0.25, -0.2) is 0 Å². The summed E-state index contributed by atoms with van der Waals surface area (Å²) >= 11 is 5.74. The number of thiocarbonyl (C=S) groups is 1. The van der Waals surface area contributed by atoms with Crippen LogP contribution in [0.4, 0.5) is 0 Å². The fourth-order valence-corrected chi connectivity index (χ4v) is 4.27. The first kappa shape index (κ1) is 22.8. The molecule has 1 aliphatic rings. The van der Waals surface area contributed by atoms with Crippen LogP contribution in [0.1, 0.15) is 44.2 Å². The molecule has 1 aliphatic heterocycles. The van der Waals surface area contributed by atoms with E-state index in [1.807, 2.05) is 48.5 Å². The number of allylic oxidation sites excluding steroid dienone is 1. The number of benzene rings is 2. The molecule has 7 nitrogen and oxygen atoms in total. The van der Waals surface area contributed by atoms with E-state index in [0.29, 0.717) is 16.8 Å². The zero-order valence-corrected chi connectivity index (χ0v) is 20.1. The van der Waals surface area contributed by atoms with Crippen LogP contribution in [0.15, 0.2) is 58.8 Å². The standard InChI is InChI=1S/C25H28N4O3S/c1-5-6-13-29-16(2)21(22(26-25(29)33)17-9-7-11-19(14-17)30-3)24-27-23(28-32-24)18-10-8-12-20(15-18)31-4/h7-12,14-15,22H,5-6,13H2,1-4H3,(H,26,33). The highest BCUT2D eigenvalue weighted by molar-refractivity contribution is 7.80. The van der Waals surface area contributed by atoms with Crippen LogP contribution in [0.2, 0.25) is 0 Å². The Morgan fingerprint density at radius 1 is 1.09 bits per heavy atom. The summed E-state index contributed by atoms with van der Waals surface area (Å²) in [6.45, 7) is 5.04. The zero-order chi connectivity index (χ0) is 23.4. The third-order valence-electron chi connectivity index (χ3n) is 5.74. The molecular formula is C25H28N4O3S. The van der Waals surface area contributed by atoms with Crippen LogP contribution < -0.4 is 14.8 Å². The van der Waals surface area contributed by atoms with Gasteiger partial charge in [0.2, 0.25) is 5.82 Å². The second kappa shape index (κ2) is 10.0. The molecule has 0 saturated heterocycles. The van der Waals surface area contributed by atoms with Crippen molar-refractivity contribution in [2.75, 3.05) is 20.8 Å². The molecule has 3 aromatic rings. The third kappa shape index (κ3) is 4.71. The lowest BCUT2D eigenvalue weighted by molar-refractivity contribution is 0.394. The van der Waals surface area contributed by atoms with Crippen molar-refractivity contribution in [2.45, 2.75) is 32.7 Å². The van der Waals surface area contributed by atoms with Crippen molar-refractivity contribution in [3.8, 4) is 22.9 Å². The summed E-state index contributed by atoms with van der Waals surface area (Å²) in [5.74, 6) is 2.46. The van der Waals surface area contributed by atoms with Crippen molar-refractivity contribution >= 4 is 22.9 Å². The fourth-order valence-electron chi connectivity index (χ4n) is 3.93. The number of hydrogen-bond acceptors (Lipinski definition) is 6. The minimum Gasteiger partial charge on any atom is -0.497 e. The molecular weight excluding hydrogens is 436 g/mol. The van der Waals surface area contributed by atoms with E-state index in [1.165, 1.54) is 0 Å². The maximum Gasteiger partial charge on any atom is 0.258 e. The van der Waals surface area contributed by atoms with E-state index in [0.717, 1.165) is 53.3 Å². The zero-order valence-electron chi connectivity index (χ0n) is 19.3. The van der Waals surface area contributed by atoms with Gasteiger partial charge >= 0.3 is 0 Å². The maximum absolute atomic E-state index is 5.80. The van der Waals surface area contributed by atoms with E-state index in [9.17, 15) is 0 Å². The lowest BCUT2D eigenvalue weighted by atomic mass is 9.94. The van der Waals surface area contributed by atoms with E-state index in [4.69, 9.17) is 31.2 Å². The Morgan fingerprint density at radius 2 is 1.82 bits per heavy atom. The van der Waals surface area contributed by atoms with Gasteiger partial charge in [-0.3, -0.25) is 0 Å². The molecule has 1 aromatic heterocycles. The van der Waals surface area contributed by atoms with Crippen molar-refractivity contribution in [3.05, 3.63) is 65.7 Å². The molecule has 172 valence electrons. The number of hydrogen-bond donors (Lipinski definition) is 1. The Hall–Kier alpha value is -3.39. The molecule has 33 heavy (non-hydrogen) atoms. The number of unbranched alkanes of at least 4 members (excludes halogenated alkanes) is 1. The van der Waals surface area contributed by atoms with E-state index in [1.54, 1.807) is 14.2 Å². The summed E-state index contributed by atoms with van der Waals surface area (Å²) in [6, 6.07) is 15.3. The molecule has 0 saturated carbocycles. The number of rotatable bonds is 8. The van der Waals surface area contributed by atoms with Gasteiger partial charge in [0.05, 0.1) is 25.8 Å². The molecule has 0 aliphatic carbocycles. The normalized spacial score (nSPS) is 16.1. The number of nitrogens with one attached hydrogen (secondary N) is 1. The molecule has 4 rings (SSSR count). The molecule has 0 fully saturated rings. The predicted molar refractivity (Wildman–Crippen MR) is 132 cm³/mol. The van der Waals surface area contributed by atoms with Gasteiger partial charge in [-0.05, 0) is 55.4 Å². The highest BCUT2D eigenvalue weighted by Gasteiger charge is 2.34. The molecule has 2 heterocycles. The molecule has 0 amide bonds. The van der Waals surface area contributed by atoms with Crippen LogP contribution in [-0.4, -0.2) is 40.9 Å². The average Bonchev–Trinajstić information content (AvgIpc) is 3.33. The molecule has 8 heteroatoms. The van der Waals surface area contributed by atoms with E-state index in [2.05, 4.69) is 29.2 Å². The molecule has 1 N–H and O–H groups in total. The monoisotopic (exact) mass is 464 g/mol. The summed E-state index contributed by atoms with van der Waals surface area (Å²) in [5, 5.41) is 8.43. The number of nitrogens with zero attached hydrogens (tertiary/aromatic N) is 3. The summed E-state index contributed by atoms with van der Waals surface area (Å²) in [5.41, 5.74) is 3.72. The van der Waals surface area contributed by atoms with E-state index >= 15 is 0 Å². The van der Waals surface area contributed by atoms with Gasteiger partial charge in [-0.1, -0.05) is 42.8 Å². The third-order valence-corrected chi connectivity index (χ3v) is 6.08. The highest BCUT2D eigenvalue weighted by atomic mass is 32.1. The first-order valence-corrected chi connectivity index (χ1v) is 11.4. The molecule has 1 unspecified atom stereocenters. The van der Waals surface area contributed by atoms with Gasteiger partial charge in [0.25, 0.3) is 5.89 Å². The lowest BCUT2D eigenvalue weighted by Gasteiger charge is -2.37. The van der Waals surface area contributed by atoms with Crippen molar-refractivity contribution in [3.63, 3.8) is 0 Å². The summed E-state index contributed by atoms with van der Waals surface area (Å²) < 4.78 is 16.6. The van der Waals surface area contributed by atoms with E-state index in [-0.39, 0.29) is 6.04 Å². The fraction of sp³-hybridized carbons (Fsp3) is 0.320. The second-order valence-corrected chi connectivity index (χ2v) is 8.21. The largest absolute Gasteiger partial charge is 0.497 e. The Kier molecular flexibility index (Phi) is 6.93. The Bertz CT molecular complexity index is 1170. The second-order valence-electron chi connectivity index (χ2n) is 7.82. The Balaban J connectivity index is 1.80. The molecule has 1 atom stereocenters. The van der Waals surface area contributed by atoms with Gasteiger partial charge in [0.1, 0.15) is 11.5 Å². The van der Waals surface area contributed by atoms with Crippen LogP contribution in [0, 0.1) is 0 Å². The SMILES string of the molecule is CCCCN1C(=S)NC(c2cccc(OC)c2)C(c2nc(-c3cccc(OC)c3)no2)=C1C. The smallest absolute Gasteiger partial charge is 0.258 e. The average molecular weight is 465 g/mol. The maximum atomic E-state index is 5.80. The van der Waals surface area contributed by atoms with Crippen LogP contribution in [0.3, 0.4) is 0 Å². The van der Waals surface area contributed by atoms with Gasteiger partial charge in [-0.2, -0.15) is 4.98 Å². The van der Waals surface area contributed by atoms with Crippen LogP contribution in [0.5, 0.6) is 11.5 Å². The predicted octanol–water partition coefficient (Wildman–Crippen LogP) is 5.22. The summed E-state index contributed by atoms with van der Waals surface area (Å²) in [6.07, 6.45) is 2.09. The minimum absolute atomic E-state index is 0.246. The minimum atomic E-state index is -0.246. The van der Waals surface area contributed by atoms with Gasteiger partial charge in [-0.15, -0.1) is 0 Å². The lowest BCUT2D eigenvalue weighted by Crippen LogP contribution is -2.46. The first-order valence-electron chi connectivity index (χ1n) is 11.0. The van der Waals surface area contributed by atoms with Crippen molar-refractivity contribution in [1.82, 2.24) is 20.4 Å². The molecule has 0 spiro atoms. The molecule has 0 bridgehead atoms. The van der Waals surface area contributed by atoms with Crippen LogP contribution >= 0.6 is 12.2 Å². The Labute approximate surface area is 199 Å². The topological polar surface area (TPSA) is 72.7 Å². The van der Waals surface area contributed by atoms with Crippen molar-refractivity contribution in [1.29, 1.82) is 0 Å². The first-order chi connectivity index (χ1) is 16.0. The van der Waals surface area contributed by atoms with Gasteiger partial charge < -0.3 is 24.2 Å². The van der Waals surface area contributed by atoms with Crippen LogP contribution in [-0.2, 0) is 0 Å². The van der Waals surface area contributed by atoms with Crippen LogP contribution in [0.25, 0.3) is 17.0 Å². The Morgan fingerprint density at radius 3 is 2.55 bits per heavy atom. The van der Waals surface area contributed by atoms with Crippen molar-refractivity contribution < 1.29 is 14.0 Å². The number of aromatic nitrogens is 2.